The molecule has 1 fully saturated rings. The molecule has 0 bridgehead atoms. The summed E-state index contributed by atoms with van der Waals surface area (Å²) >= 11 is 0. The number of ether oxygens (including phenoxy) is 1. The predicted octanol–water partition coefficient (Wildman–Crippen LogP) is 1.30. The van der Waals surface area contributed by atoms with Gasteiger partial charge in [-0.3, -0.25) is 9.89 Å². The van der Waals surface area contributed by atoms with Crippen LogP contribution in [0.4, 0.5) is 13.2 Å². The fourth-order valence-corrected chi connectivity index (χ4v) is 2.21. The first kappa shape index (κ1) is 20.7. The Hall–Kier alpha value is -0.290. The number of hydrogen-bond acceptors (Lipinski definition) is 3. The van der Waals surface area contributed by atoms with Crippen LogP contribution in [-0.2, 0) is 4.74 Å². The molecule has 0 spiro atoms. The zero-order valence-electron chi connectivity index (χ0n) is 12.4. The van der Waals surface area contributed by atoms with Gasteiger partial charge in [0.15, 0.2) is 5.96 Å². The highest BCUT2D eigenvalue weighted by Gasteiger charge is 2.34. The lowest BCUT2D eigenvalue weighted by molar-refractivity contribution is -0.143. The number of rotatable bonds is 6. The van der Waals surface area contributed by atoms with Gasteiger partial charge >= 0.3 is 6.18 Å². The van der Waals surface area contributed by atoms with E-state index in [-0.39, 0.29) is 29.9 Å². The highest BCUT2D eigenvalue weighted by atomic mass is 127. The first-order valence-electron chi connectivity index (χ1n) is 6.67. The minimum absolute atomic E-state index is 0. The van der Waals surface area contributed by atoms with E-state index >= 15 is 0 Å². The van der Waals surface area contributed by atoms with Gasteiger partial charge in [-0.25, -0.2) is 0 Å². The van der Waals surface area contributed by atoms with Crippen molar-refractivity contribution in [3.63, 3.8) is 0 Å². The molecule has 1 aliphatic heterocycles. The van der Waals surface area contributed by atoms with Crippen LogP contribution in [0.25, 0.3) is 0 Å². The van der Waals surface area contributed by atoms with Crippen molar-refractivity contribution >= 4 is 29.9 Å². The Morgan fingerprint density at radius 2 is 2.10 bits per heavy atom. The van der Waals surface area contributed by atoms with Crippen LogP contribution in [0.3, 0.4) is 0 Å². The van der Waals surface area contributed by atoms with E-state index in [2.05, 4.69) is 15.6 Å². The van der Waals surface area contributed by atoms with Crippen molar-refractivity contribution in [1.82, 2.24) is 15.5 Å². The quantitative estimate of drug-likeness (QED) is 0.292. The molecule has 0 aromatic carbocycles. The lowest BCUT2D eigenvalue weighted by Crippen LogP contribution is -2.41. The fourth-order valence-electron chi connectivity index (χ4n) is 2.21. The molecule has 0 saturated carbocycles. The Labute approximate surface area is 140 Å². The molecule has 21 heavy (non-hydrogen) atoms. The molecule has 1 unspecified atom stereocenters. The molecule has 9 heteroatoms. The summed E-state index contributed by atoms with van der Waals surface area (Å²) in [7, 11) is 3.28. The number of aliphatic imine (C=N–C) groups is 1. The standard InChI is InChI=1S/C12H23F3N4O.HI/c1-16-11(17-4-6-20-2)18-7-10-3-5-19(8-10)9-12(13,14)15;/h10H,3-9H2,1-2H3,(H2,16,17,18);1H. The summed E-state index contributed by atoms with van der Waals surface area (Å²) in [5, 5.41) is 6.19. The molecule has 0 aromatic rings. The minimum atomic E-state index is -4.11. The maximum absolute atomic E-state index is 12.3. The predicted molar refractivity (Wildman–Crippen MR) is 87.3 cm³/mol. The Kier molecular flexibility index (Phi) is 10.3. The van der Waals surface area contributed by atoms with Gasteiger partial charge in [-0.1, -0.05) is 0 Å². The Balaban J connectivity index is 0.00000400. The molecule has 0 aliphatic carbocycles. The average Bonchev–Trinajstić information content (AvgIpc) is 2.79. The monoisotopic (exact) mass is 424 g/mol. The van der Waals surface area contributed by atoms with Crippen LogP contribution in [0, 0.1) is 5.92 Å². The highest BCUT2D eigenvalue weighted by Crippen LogP contribution is 2.22. The molecule has 0 aromatic heterocycles. The average molecular weight is 424 g/mol. The van der Waals surface area contributed by atoms with E-state index in [1.54, 1.807) is 14.2 Å². The van der Waals surface area contributed by atoms with E-state index in [0.717, 1.165) is 6.42 Å². The van der Waals surface area contributed by atoms with Crippen molar-refractivity contribution in [3.8, 4) is 0 Å². The van der Waals surface area contributed by atoms with Crippen LogP contribution in [0.15, 0.2) is 4.99 Å². The first-order valence-corrected chi connectivity index (χ1v) is 6.67. The zero-order valence-corrected chi connectivity index (χ0v) is 14.7. The second-order valence-corrected chi connectivity index (χ2v) is 4.88. The topological polar surface area (TPSA) is 48.9 Å². The van der Waals surface area contributed by atoms with Gasteiger partial charge in [-0.2, -0.15) is 13.2 Å². The SMILES string of the molecule is CN=C(NCCOC)NCC1CCN(CC(F)(F)F)C1.I. The molecule has 5 nitrogen and oxygen atoms in total. The van der Waals surface area contributed by atoms with Crippen LogP contribution in [-0.4, -0.2) is 70.5 Å². The summed E-state index contributed by atoms with van der Waals surface area (Å²) in [6.07, 6.45) is -3.34. The van der Waals surface area contributed by atoms with E-state index < -0.39 is 12.7 Å². The molecule has 1 rings (SSSR count). The van der Waals surface area contributed by atoms with E-state index in [1.165, 1.54) is 4.90 Å². The van der Waals surface area contributed by atoms with Crippen molar-refractivity contribution in [3.05, 3.63) is 0 Å². The lowest BCUT2D eigenvalue weighted by atomic mass is 10.1. The van der Waals surface area contributed by atoms with Gasteiger partial charge in [-0.15, -0.1) is 24.0 Å². The largest absolute Gasteiger partial charge is 0.401 e. The maximum Gasteiger partial charge on any atom is 0.401 e. The molecule has 0 amide bonds. The third-order valence-corrected chi connectivity index (χ3v) is 3.15. The van der Waals surface area contributed by atoms with Gasteiger partial charge in [-0.05, 0) is 18.9 Å². The molecule has 1 saturated heterocycles. The zero-order chi connectivity index (χ0) is 15.0. The van der Waals surface area contributed by atoms with Crippen molar-refractivity contribution in [2.24, 2.45) is 10.9 Å². The number of alkyl halides is 3. The van der Waals surface area contributed by atoms with Crippen LogP contribution < -0.4 is 10.6 Å². The molecule has 1 aliphatic rings. The van der Waals surface area contributed by atoms with Crippen LogP contribution >= 0.6 is 24.0 Å². The van der Waals surface area contributed by atoms with E-state index in [9.17, 15) is 13.2 Å². The number of guanidine groups is 1. The normalized spacial score (nSPS) is 20.2. The summed E-state index contributed by atoms with van der Waals surface area (Å²) in [5.41, 5.74) is 0. The smallest absolute Gasteiger partial charge is 0.383 e. The van der Waals surface area contributed by atoms with E-state index in [4.69, 9.17) is 4.74 Å². The summed E-state index contributed by atoms with van der Waals surface area (Å²) in [5.74, 6) is 0.870. The first-order chi connectivity index (χ1) is 9.44. The van der Waals surface area contributed by atoms with Crippen molar-refractivity contribution in [2.75, 3.05) is 53.5 Å². The highest BCUT2D eigenvalue weighted by molar-refractivity contribution is 14.0. The van der Waals surface area contributed by atoms with Crippen LogP contribution in [0.5, 0.6) is 0 Å². The maximum atomic E-state index is 12.3. The van der Waals surface area contributed by atoms with Gasteiger partial charge in [0.1, 0.15) is 0 Å². The van der Waals surface area contributed by atoms with Gasteiger partial charge in [0.2, 0.25) is 0 Å². The molecule has 1 atom stereocenters. The van der Waals surface area contributed by atoms with Crippen molar-refractivity contribution in [1.29, 1.82) is 0 Å². The molecular formula is C12H24F3IN4O. The van der Waals surface area contributed by atoms with E-state index in [1.807, 2.05) is 0 Å². The Morgan fingerprint density at radius 3 is 2.67 bits per heavy atom. The second-order valence-electron chi connectivity index (χ2n) is 4.88. The molecule has 1 heterocycles. The van der Waals surface area contributed by atoms with Crippen molar-refractivity contribution in [2.45, 2.75) is 12.6 Å². The summed E-state index contributed by atoms with van der Waals surface area (Å²) < 4.78 is 41.8. The third kappa shape index (κ3) is 9.35. The summed E-state index contributed by atoms with van der Waals surface area (Å²) in [6, 6.07) is 0. The second kappa shape index (κ2) is 10.4. The third-order valence-electron chi connectivity index (χ3n) is 3.15. The number of nitrogens with one attached hydrogen (secondary N) is 2. The molecule has 2 N–H and O–H groups in total. The van der Waals surface area contributed by atoms with Crippen LogP contribution in [0.2, 0.25) is 0 Å². The Bertz CT molecular complexity index is 315. The number of methoxy groups -OCH3 is 1. The number of nitrogens with zero attached hydrogens (tertiary/aromatic N) is 2. The number of likely N-dealkylation sites (tertiary alicyclic amines) is 1. The fraction of sp³-hybridized carbons (Fsp3) is 0.917. The molecule has 126 valence electrons. The van der Waals surface area contributed by atoms with Crippen LogP contribution in [0.1, 0.15) is 6.42 Å². The summed E-state index contributed by atoms with van der Waals surface area (Å²) in [6.45, 7) is 2.00. The van der Waals surface area contributed by atoms with Crippen molar-refractivity contribution < 1.29 is 17.9 Å². The lowest BCUT2D eigenvalue weighted by Gasteiger charge is -2.18. The number of hydrogen-bond donors (Lipinski definition) is 2. The minimum Gasteiger partial charge on any atom is -0.383 e. The van der Waals surface area contributed by atoms with Gasteiger partial charge in [0, 0.05) is 33.8 Å². The van der Waals surface area contributed by atoms with Gasteiger partial charge in [0.05, 0.1) is 13.2 Å². The molecule has 0 radical (unpaired) electrons. The Morgan fingerprint density at radius 1 is 1.38 bits per heavy atom. The molecular weight excluding hydrogens is 400 g/mol. The van der Waals surface area contributed by atoms with Gasteiger partial charge in [0.25, 0.3) is 0 Å². The summed E-state index contributed by atoms with van der Waals surface area (Å²) in [4.78, 5) is 5.50. The van der Waals surface area contributed by atoms with E-state index in [0.29, 0.717) is 38.7 Å². The number of halogens is 4. The van der Waals surface area contributed by atoms with Gasteiger partial charge < -0.3 is 15.4 Å².